The van der Waals surface area contributed by atoms with Crippen molar-refractivity contribution in [2.45, 2.75) is 20.8 Å². The van der Waals surface area contributed by atoms with Crippen LogP contribution in [-0.2, 0) is 4.79 Å². The fourth-order valence-electron chi connectivity index (χ4n) is 1.81. The fourth-order valence-corrected chi connectivity index (χ4v) is 2.64. The molecule has 1 amide bonds. The minimum Gasteiger partial charge on any atom is -0.323 e. The maximum Gasteiger partial charge on any atom is 0.230 e. The highest BCUT2D eigenvalue weighted by molar-refractivity contribution is 7.14. The zero-order chi connectivity index (χ0) is 14.7. The second-order valence-corrected chi connectivity index (χ2v) is 5.29. The molecule has 5 nitrogen and oxygen atoms in total. The lowest BCUT2D eigenvalue weighted by Gasteiger charge is -2.19. The number of hydrogen-bond acceptors (Lipinski definition) is 5. The van der Waals surface area contributed by atoms with Crippen molar-refractivity contribution in [2.75, 3.05) is 4.90 Å². The molecule has 0 aliphatic heterocycles. The van der Waals surface area contributed by atoms with Crippen LogP contribution in [0.25, 0.3) is 0 Å². The van der Waals surface area contributed by atoms with Crippen LogP contribution in [0.4, 0.5) is 10.8 Å². The molecule has 1 heterocycles. The maximum absolute atomic E-state index is 11.9. The molecule has 2 aromatic rings. The molecule has 0 unspecified atom stereocenters. The molecule has 0 saturated carbocycles. The molecule has 6 heteroatoms. The lowest BCUT2D eigenvalue weighted by molar-refractivity contribution is -0.115. The lowest BCUT2D eigenvalue weighted by Crippen LogP contribution is -2.22. The number of hydrogen-bond donors (Lipinski definition) is 1. The summed E-state index contributed by atoms with van der Waals surface area (Å²) in [7, 11) is 0. The SMILES string of the molecule is CC(=O)N(c1ccc(C)c(C)c1)c1nc(/C=N\N)cs1. The number of thiazole rings is 1. The molecule has 104 valence electrons. The lowest BCUT2D eigenvalue weighted by atomic mass is 10.1. The van der Waals surface area contributed by atoms with E-state index in [4.69, 9.17) is 5.84 Å². The molecule has 1 aromatic carbocycles. The number of amides is 1. The van der Waals surface area contributed by atoms with Gasteiger partial charge in [0.15, 0.2) is 5.13 Å². The first kappa shape index (κ1) is 14.2. The maximum atomic E-state index is 11.9. The average molecular weight is 288 g/mol. The molecule has 0 spiro atoms. The molecule has 0 aliphatic carbocycles. The standard InChI is InChI=1S/C14H16N4OS/c1-9-4-5-13(6-10(9)2)18(11(3)19)14-17-12(7-16-15)8-20-14/h4-8H,15H2,1-3H3/b16-7-. The third kappa shape index (κ3) is 2.85. The van der Waals surface area contributed by atoms with Crippen LogP contribution in [0.2, 0.25) is 0 Å². The molecule has 0 atom stereocenters. The van der Waals surface area contributed by atoms with Crippen LogP contribution < -0.4 is 10.7 Å². The third-order valence-electron chi connectivity index (χ3n) is 2.97. The van der Waals surface area contributed by atoms with E-state index in [9.17, 15) is 4.79 Å². The Balaban J connectivity index is 2.44. The first-order valence-electron chi connectivity index (χ1n) is 6.09. The number of aryl methyl sites for hydroxylation is 2. The van der Waals surface area contributed by atoms with E-state index >= 15 is 0 Å². The van der Waals surface area contributed by atoms with Crippen LogP contribution in [-0.4, -0.2) is 17.1 Å². The van der Waals surface area contributed by atoms with Gasteiger partial charge < -0.3 is 5.84 Å². The normalized spacial score (nSPS) is 10.9. The molecule has 0 radical (unpaired) electrons. The molecule has 0 fully saturated rings. The summed E-state index contributed by atoms with van der Waals surface area (Å²) in [6.07, 6.45) is 1.46. The largest absolute Gasteiger partial charge is 0.323 e. The summed E-state index contributed by atoms with van der Waals surface area (Å²) in [5.74, 6) is 5.02. The van der Waals surface area contributed by atoms with Gasteiger partial charge in [0, 0.05) is 12.3 Å². The number of anilines is 2. The van der Waals surface area contributed by atoms with Crippen LogP contribution in [0.15, 0.2) is 28.7 Å². The van der Waals surface area contributed by atoms with E-state index < -0.39 is 0 Å². The minimum absolute atomic E-state index is 0.0844. The van der Waals surface area contributed by atoms with Crippen LogP contribution in [0.3, 0.4) is 0 Å². The summed E-state index contributed by atoms with van der Waals surface area (Å²) in [4.78, 5) is 17.9. The average Bonchev–Trinajstić information content (AvgIpc) is 2.82. The van der Waals surface area contributed by atoms with Crippen LogP contribution in [0.1, 0.15) is 23.7 Å². The van der Waals surface area contributed by atoms with E-state index in [0.29, 0.717) is 10.8 Å². The summed E-state index contributed by atoms with van der Waals surface area (Å²) in [5, 5.41) is 5.85. The van der Waals surface area contributed by atoms with Crippen molar-refractivity contribution in [1.82, 2.24) is 4.98 Å². The van der Waals surface area contributed by atoms with E-state index in [1.807, 2.05) is 37.4 Å². The number of carbonyl (C=O) groups is 1. The van der Waals surface area contributed by atoms with Gasteiger partial charge in [-0.2, -0.15) is 5.10 Å². The fraction of sp³-hybridized carbons (Fsp3) is 0.214. The number of carbonyl (C=O) groups excluding carboxylic acids is 1. The van der Waals surface area contributed by atoms with Crippen LogP contribution in [0, 0.1) is 13.8 Å². The Morgan fingerprint density at radius 2 is 2.15 bits per heavy atom. The first-order chi connectivity index (χ1) is 9.52. The molecule has 1 aromatic heterocycles. The van der Waals surface area contributed by atoms with Crippen molar-refractivity contribution < 1.29 is 4.79 Å². The number of hydrazone groups is 1. The Bertz CT molecular complexity index is 663. The summed E-state index contributed by atoms with van der Waals surface area (Å²) >= 11 is 1.38. The third-order valence-corrected chi connectivity index (χ3v) is 3.82. The van der Waals surface area contributed by atoms with Gasteiger partial charge in [0.25, 0.3) is 0 Å². The summed E-state index contributed by atoms with van der Waals surface area (Å²) < 4.78 is 0. The Kier molecular flexibility index (Phi) is 4.14. The second-order valence-electron chi connectivity index (χ2n) is 4.46. The van der Waals surface area contributed by atoms with Crippen molar-refractivity contribution in [3.05, 3.63) is 40.4 Å². The minimum atomic E-state index is -0.0844. The monoisotopic (exact) mass is 288 g/mol. The van der Waals surface area contributed by atoms with E-state index in [2.05, 4.69) is 10.1 Å². The highest BCUT2D eigenvalue weighted by Gasteiger charge is 2.18. The van der Waals surface area contributed by atoms with Gasteiger partial charge in [-0.15, -0.1) is 11.3 Å². The van der Waals surface area contributed by atoms with E-state index in [1.165, 1.54) is 30.0 Å². The van der Waals surface area contributed by atoms with E-state index in [0.717, 1.165) is 11.3 Å². The zero-order valence-corrected chi connectivity index (χ0v) is 12.4. The van der Waals surface area contributed by atoms with Crippen molar-refractivity contribution in [1.29, 1.82) is 0 Å². The Morgan fingerprint density at radius 3 is 2.75 bits per heavy atom. The highest BCUT2D eigenvalue weighted by atomic mass is 32.1. The quantitative estimate of drug-likeness (QED) is 0.536. The van der Waals surface area contributed by atoms with Crippen LogP contribution in [0.5, 0.6) is 0 Å². The number of nitrogens with two attached hydrogens (primary N) is 1. The number of rotatable bonds is 3. The zero-order valence-electron chi connectivity index (χ0n) is 11.6. The van der Waals surface area contributed by atoms with Crippen molar-refractivity contribution in [3.63, 3.8) is 0 Å². The predicted octanol–water partition coefficient (Wildman–Crippen LogP) is 2.74. The van der Waals surface area contributed by atoms with Crippen molar-refractivity contribution in [3.8, 4) is 0 Å². The molecule has 0 saturated heterocycles. The molecule has 2 N–H and O–H groups in total. The van der Waals surface area contributed by atoms with E-state index in [-0.39, 0.29) is 5.91 Å². The van der Waals surface area contributed by atoms with Gasteiger partial charge >= 0.3 is 0 Å². The van der Waals surface area contributed by atoms with Crippen molar-refractivity contribution in [2.24, 2.45) is 10.9 Å². The Hall–Kier alpha value is -2.21. The van der Waals surface area contributed by atoms with Gasteiger partial charge in [0.2, 0.25) is 5.91 Å². The van der Waals surface area contributed by atoms with Gasteiger partial charge in [-0.3, -0.25) is 9.69 Å². The van der Waals surface area contributed by atoms with Gasteiger partial charge in [-0.25, -0.2) is 4.98 Å². The molecule has 0 bridgehead atoms. The second kappa shape index (κ2) is 5.83. The molecular formula is C14H16N4OS. The first-order valence-corrected chi connectivity index (χ1v) is 6.97. The van der Waals surface area contributed by atoms with Gasteiger partial charge in [-0.05, 0) is 37.1 Å². The topological polar surface area (TPSA) is 71.6 Å². The van der Waals surface area contributed by atoms with E-state index in [1.54, 1.807) is 4.90 Å². The van der Waals surface area contributed by atoms with Crippen LogP contribution >= 0.6 is 11.3 Å². The van der Waals surface area contributed by atoms with Gasteiger partial charge in [0.05, 0.1) is 17.6 Å². The molecule has 0 aliphatic rings. The van der Waals surface area contributed by atoms with Gasteiger partial charge in [0.1, 0.15) is 0 Å². The van der Waals surface area contributed by atoms with Crippen molar-refractivity contribution >= 4 is 34.3 Å². The summed E-state index contributed by atoms with van der Waals surface area (Å²) in [6.45, 7) is 5.58. The number of nitrogens with zero attached hydrogens (tertiary/aromatic N) is 3. The molecule has 2 rings (SSSR count). The number of benzene rings is 1. The Labute approximate surface area is 121 Å². The summed E-state index contributed by atoms with van der Waals surface area (Å²) in [5.41, 5.74) is 3.77. The number of aromatic nitrogens is 1. The smallest absolute Gasteiger partial charge is 0.230 e. The Morgan fingerprint density at radius 1 is 1.40 bits per heavy atom. The van der Waals surface area contributed by atoms with Gasteiger partial charge in [-0.1, -0.05) is 6.07 Å². The molecule has 20 heavy (non-hydrogen) atoms. The summed E-state index contributed by atoms with van der Waals surface area (Å²) in [6, 6.07) is 5.90. The highest BCUT2D eigenvalue weighted by Crippen LogP contribution is 2.29. The molecular weight excluding hydrogens is 272 g/mol. The predicted molar refractivity (Wildman–Crippen MR) is 82.6 cm³/mol.